The molecule has 0 bridgehead atoms. The lowest BCUT2D eigenvalue weighted by molar-refractivity contribution is 0.253. The largest absolute Gasteiger partial charge is 0.334 e. The molecule has 0 aliphatic rings. The topological polar surface area (TPSA) is 84.7 Å². The van der Waals surface area contributed by atoms with Gasteiger partial charge in [0.15, 0.2) is 0 Å². The second-order valence-corrected chi connectivity index (χ2v) is 4.52. The number of anilines is 1. The molecule has 0 saturated heterocycles. The van der Waals surface area contributed by atoms with Crippen LogP contribution >= 0.6 is 0 Å². The summed E-state index contributed by atoms with van der Waals surface area (Å²) >= 11 is 0. The Kier molecular flexibility index (Phi) is 4.09. The molecule has 1 aromatic carbocycles. The lowest BCUT2D eigenvalue weighted by Gasteiger charge is -2.10. The number of nitrogens with one attached hydrogen (secondary N) is 2. The van der Waals surface area contributed by atoms with Crippen LogP contribution in [0.4, 0.5) is 10.5 Å². The first-order chi connectivity index (χ1) is 9.56. The van der Waals surface area contributed by atoms with Gasteiger partial charge in [0.05, 0.1) is 5.69 Å². The molecule has 2 rings (SSSR count). The Morgan fingerprint density at radius 3 is 2.85 bits per heavy atom. The summed E-state index contributed by atoms with van der Waals surface area (Å²) in [7, 11) is 0. The van der Waals surface area contributed by atoms with Crippen LogP contribution in [0.3, 0.4) is 0 Å². The third-order valence-electron chi connectivity index (χ3n) is 2.60. The molecular weight excluding hydrogens is 256 g/mol. The number of nitrogens with zero attached hydrogens (tertiary/aromatic N) is 4. The highest BCUT2D eigenvalue weighted by atomic mass is 16.2. The molecule has 0 aliphatic heterocycles. The van der Waals surface area contributed by atoms with Crippen molar-refractivity contribution in [1.82, 2.24) is 25.5 Å². The van der Waals surface area contributed by atoms with Gasteiger partial charge in [0.25, 0.3) is 0 Å². The van der Waals surface area contributed by atoms with Gasteiger partial charge in [-0.15, -0.1) is 5.10 Å². The number of urea groups is 1. The van der Waals surface area contributed by atoms with Gasteiger partial charge in [-0.2, -0.15) is 0 Å². The molecule has 0 radical (unpaired) electrons. The van der Waals surface area contributed by atoms with Crippen LogP contribution in [0.5, 0.6) is 0 Å². The van der Waals surface area contributed by atoms with E-state index in [-0.39, 0.29) is 6.03 Å². The van der Waals surface area contributed by atoms with Crippen LogP contribution in [0.2, 0.25) is 0 Å². The van der Waals surface area contributed by atoms with E-state index in [9.17, 15) is 4.79 Å². The zero-order chi connectivity index (χ0) is 14.5. The number of carbonyl (C=O) groups is 1. The average Bonchev–Trinajstić information content (AvgIpc) is 2.90. The average molecular weight is 272 g/mol. The van der Waals surface area contributed by atoms with E-state index in [0.717, 1.165) is 16.8 Å². The van der Waals surface area contributed by atoms with E-state index >= 15 is 0 Å². The van der Waals surface area contributed by atoms with Crippen LogP contribution in [-0.4, -0.2) is 32.8 Å². The van der Waals surface area contributed by atoms with Crippen molar-refractivity contribution in [2.45, 2.75) is 13.8 Å². The van der Waals surface area contributed by atoms with Gasteiger partial charge >= 0.3 is 6.03 Å². The van der Waals surface area contributed by atoms with Crippen molar-refractivity contribution in [3.05, 3.63) is 42.2 Å². The number of aromatic nitrogens is 4. The Labute approximate surface area is 116 Å². The summed E-state index contributed by atoms with van der Waals surface area (Å²) in [4.78, 5) is 11.6. The number of amides is 2. The Bertz CT molecular complexity index is 620. The summed E-state index contributed by atoms with van der Waals surface area (Å²) in [6.45, 7) is 7.95. The number of carbonyl (C=O) groups excluding carboxylic acids is 1. The Morgan fingerprint density at radius 1 is 1.45 bits per heavy atom. The molecule has 2 aromatic rings. The molecule has 0 saturated carbocycles. The van der Waals surface area contributed by atoms with Crippen LogP contribution < -0.4 is 10.6 Å². The first-order valence-corrected chi connectivity index (χ1v) is 6.09. The lowest BCUT2D eigenvalue weighted by Crippen LogP contribution is -2.29. The number of benzene rings is 1. The summed E-state index contributed by atoms with van der Waals surface area (Å²) in [5.74, 6) is 0. The molecule has 20 heavy (non-hydrogen) atoms. The van der Waals surface area contributed by atoms with E-state index in [1.165, 1.54) is 6.33 Å². The van der Waals surface area contributed by atoms with E-state index in [1.807, 2.05) is 26.0 Å². The third-order valence-corrected chi connectivity index (χ3v) is 2.60. The summed E-state index contributed by atoms with van der Waals surface area (Å²) in [6.07, 6.45) is 1.52. The van der Waals surface area contributed by atoms with Crippen LogP contribution in [0.1, 0.15) is 12.5 Å². The van der Waals surface area contributed by atoms with Crippen LogP contribution in [-0.2, 0) is 0 Å². The second-order valence-electron chi connectivity index (χ2n) is 4.52. The first kappa shape index (κ1) is 13.7. The van der Waals surface area contributed by atoms with Gasteiger partial charge < -0.3 is 10.6 Å². The van der Waals surface area contributed by atoms with Crippen LogP contribution in [0, 0.1) is 6.92 Å². The predicted octanol–water partition coefficient (Wildman–Crippen LogP) is 1.67. The maximum atomic E-state index is 11.6. The minimum Gasteiger partial charge on any atom is -0.334 e. The number of hydrogen-bond donors (Lipinski definition) is 2. The maximum Gasteiger partial charge on any atom is 0.319 e. The van der Waals surface area contributed by atoms with Crippen LogP contribution in [0.25, 0.3) is 5.69 Å². The zero-order valence-corrected chi connectivity index (χ0v) is 11.4. The fourth-order valence-corrected chi connectivity index (χ4v) is 1.67. The Morgan fingerprint density at radius 2 is 2.25 bits per heavy atom. The molecule has 2 N–H and O–H groups in total. The van der Waals surface area contributed by atoms with Gasteiger partial charge in [-0.3, -0.25) is 0 Å². The quantitative estimate of drug-likeness (QED) is 0.829. The molecule has 0 fully saturated rings. The predicted molar refractivity (Wildman–Crippen MR) is 75.7 cm³/mol. The molecule has 1 heterocycles. The van der Waals surface area contributed by atoms with E-state index in [0.29, 0.717) is 12.2 Å². The van der Waals surface area contributed by atoms with Gasteiger partial charge in [-0.05, 0) is 48.0 Å². The summed E-state index contributed by atoms with van der Waals surface area (Å²) in [6, 6.07) is 5.24. The zero-order valence-electron chi connectivity index (χ0n) is 11.4. The van der Waals surface area contributed by atoms with Crippen molar-refractivity contribution >= 4 is 11.7 Å². The number of hydrogen-bond acceptors (Lipinski definition) is 4. The molecule has 0 spiro atoms. The third kappa shape index (κ3) is 3.41. The van der Waals surface area contributed by atoms with Gasteiger partial charge in [-0.1, -0.05) is 12.2 Å². The smallest absolute Gasteiger partial charge is 0.319 e. The molecule has 2 amide bonds. The molecule has 0 aliphatic carbocycles. The van der Waals surface area contributed by atoms with E-state index < -0.39 is 0 Å². The van der Waals surface area contributed by atoms with Gasteiger partial charge in [0.1, 0.15) is 6.33 Å². The maximum absolute atomic E-state index is 11.6. The first-order valence-electron chi connectivity index (χ1n) is 6.09. The highest BCUT2D eigenvalue weighted by Crippen LogP contribution is 2.17. The number of rotatable bonds is 4. The van der Waals surface area contributed by atoms with Crippen molar-refractivity contribution < 1.29 is 4.79 Å². The fraction of sp³-hybridized carbons (Fsp3) is 0.231. The molecule has 104 valence electrons. The second kappa shape index (κ2) is 5.96. The van der Waals surface area contributed by atoms with Gasteiger partial charge in [0, 0.05) is 12.2 Å². The number of aryl methyl sites for hydroxylation is 1. The van der Waals surface area contributed by atoms with Crippen molar-refractivity contribution in [2.75, 3.05) is 11.9 Å². The minimum absolute atomic E-state index is 0.262. The number of tetrazole rings is 1. The monoisotopic (exact) mass is 272 g/mol. The lowest BCUT2D eigenvalue weighted by atomic mass is 10.2. The highest BCUT2D eigenvalue weighted by Gasteiger charge is 2.06. The molecular formula is C13H16N6O. The summed E-state index contributed by atoms with van der Waals surface area (Å²) in [5.41, 5.74) is 3.42. The normalized spacial score (nSPS) is 10.1. The Hall–Kier alpha value is -2.70. The van der Waals surface area contributed by atoms with Crippen LogP contribution in [0.15, 0.2) is 36.7 Å². The van der Waals surface area contributed by atoms with Crippen molar-refractivity contribution in [3.63, 3.8) is 0 Å². The van der Waals surface area contributed by atoms with Gasteiger partial charge in [0.2, 0.25) is 0 Å². The summed E-state index contributed by atoms with van der Waals surface area (Å²) in [5, 5.41) is 16.5. The molecule has 0 unspecified atom stereocenters. The van der Waals surface area contributed by atoms with E-state index in [2.05, 4.69) is 32.7 Å². The minimum atomic E-state index is -0.262. The standard InChI is InChI=1S/C13H16N6O/c1-9(2)7-14-13(20)16-11-4-5-12(10(3)6-11)19-8-15-17-18-19/h4-6,8H,1,7H2,2-3H3,(H2,14,16,20). The highest BCUT2D eigenvalue weighted by molar-refractivity contribution is 5.89. The van der Waals surface area contributed by atoms with Crippen molar-refractivity contribution in [3.8, 4) is 5.69 Å². The molecule has 7 heteroatoms. The van der Waals surface area contributed by atoms with E-state index in [1.54, 1.807) is 10.7 Å². The molecule has 1 aromatic heterocycles. The summed E-state index contributed by atoms with van der Waals surface area (Å²) < 4.78 is 1.57. The SMILES string of the molecule is C=C(C)CNC(=O)Nc1ccc(-n2cnnn2)c(C)c1. The van der Waals surface area contributed by atoms with E-state index in [4.69, 9.17) is 0 Å². The molecule has 7 nitrogen and oxygen atoms in total. The van der Waals surface area contributed by atoms with Crippen molar-refractivity contribution in [1.29, 1.82) is 0 Å². The molecule has 0 atom stereocenters. The van der Waals surface area contributed by atoms with Gasteiger partial charge in [-0.25, -0.2) is 9.48 Å². The fourth-order valence-electron chi connectivity index (χ4n) is 1.67. The Balaban J connectivity index is 2.06. The van der Waals surface area contributed by atoms with Crippen molar-refractivity contribution in [2.24, 2.45) is 0 Å².